The molecule has 1 fully saturated rings. The molecule has 1 saturated carbocycles. The molecule has 0 radical (unpaired) electrons. The molecule has 1 aromatic heterocycles. The third kappa shape index (κ3) is 3.35. The Labute approximate surface area is 164 Å². The van der Waals surface area contributed by atoms with Crippen LogP contribution in [0, 0.1) is 13.8 Å². The molecule has 2 aliphatic rings. The number of rotatable bonds is 7. The molecule has 4 rings (SSSR count). The molecule has 1 aliphatic heterocycles. The minimum atomic E-state index is -0.319. The van der Waals surface area contributed by atoms with Crippen LogP contribution in [0.1, 0.15) is 63.0 Å². The average Bonchev–Trinajstić information content (AvgIpc) is 3.43. The summed E-state index contributed by atoms with van der Waals surface area (Å²) in [4.78, 5) is 38.0. The van der Waals surface area contributed by atoms with Crippen molar-refractivity contribution in [3.8, 4) is 0 Å². The molecule has 2 heterocycles. The lowest BCUT2D eigenvalue weighted by molar-refractivity contribution is -0.121. The topological polar surface area (TPSA) is 71.4 Å². The van der Waals surface area contributed by atoms with Crippen LogP contribution in [0.2, 0.25) is 0 Å². The Morgan fingerprint density at radius 2 is 1.75 bits per heavy atom. The summed E-state index contributed by atoms with van der Waals surface area (Å²) in [5.41, 5.74) is 4.68. The van der Waals surface area contributed by atoms with Crippen LogP contribution >= 0.6 is 0 Å². The van der Waals surface area contributed by atoms with Gasteiger partial charge in [0.05, 0.1) is 11.1 Å². The van der Waals surface area contributed by atoms with Gasteiger partial charge < -0.3 is 9.88 Å². The molecule has 6 nitrogen and oxygen atoms in total. The Morgan fingerprint density at radius 3 is 2.36 bits per heavy atom. The van der Waals surface area contributed by atoms with E-state index < -0.39 is 0 Å². The number of nitrogens with zero attached hydrogens (tertiary/aromatic N) is 2. The Morgan fingerprint density at radius 1 is 1.11 bits per heavy atom. The molecule has 6 heteroatoms. The number of carbonyl (C=O) groups excluding carboxylic acids is 3. The van der Waals surface area contributed by atoms with E-state index in [1.807, 2.05) is 0 Å². The van der Waals surface area contributed by atoms with Crippen LogP contribution in [0.15, 0.2) is 30.3 Å². The third-order valence-corrected chi connectivity index (χ3v) is 5.66. The highest BCUT2D eigenvalue weighted by atomic mass is 16.2. The van der Waals surface area contributed by atoms with Gasteiger partial charge in [-0.25, -0.2) is 0 Å². The van der Waals surface area contributed by atoms with E-state index in [1.54, 1.807) is 24.3 Å². The van der Waals surface area contributed by atoms with Gasteiger partial charge in [0.25, 0.3) is 11.8 Å². The van der Waals surface area contributed by atoms with Crippen LogP contribution in [-0.2, 0) is 11.2 Å². The minimum Gasteiger partial charge on any atom is -0.356 e. The normalized spacial score (nSPS) is 15.9. The third-order valence-electron chi connectivity index (χ3n) is 5.66. The number of amides is 3. The predicted octanol–water partition coefficient (Wildman–Crippen LogP) is 2.78. The van der Waals surface area contributed by atoms with E-state index in [2.05, 4.69) is 29.8 Å². The van der Waals surface area contributed by atoms with Gasteiger partial charge in [-0.15, -0.1) is 0 Å². The molecule has 3 amide bonds. The lowest BCUT2D eigenvalue weighted by Crippen LogP contribution is -2.35. The molecular weight excluding hydrogens is 354 g/mol. The standard InChI is InChI=1S/C22H25N3O3/c1-14-13-16(15(2)25(14)17-7-8-17)9-11-23-20(26)10-12-24-21(27)18-5-3-4-6-19(18)22(24)28/h3-6,13,17H,7-12H2,1-2H3,(H,23,26). The maximum atomic E-state index is 12.3. The van der Waals surface area contributed by atoms with Gasteiger partial charge in [0.2, 0.25) is 5.91 Å². The zero-order chi connectivity index (χ0) is 19.8. The van der Waals surface area contributed by atoms with Crippen LogP contribution in [0.5, 0.6) is 0 Å². The Kier molecular flexibility index (Phi) is 4.79. The molecule has 0 bridgehead atoms. The quantitative estimate of drug-likeness (QED) is 0.752. The van der Waals surface area contributed by atoms with Crippen molar-refractivity contribution in [2.24, 2.45) is 0 Å². The molecule has 1 aliphatic carbocycles. The second-order valence-electron chi connectivity index (χ2n) is 7.66. The fourth-order valence-corrected chi connectivity index (χ4v) is 4.07. The molecule has 1 aromatic carbocycles. The SMILES string of the molecule is Cc1cc(CCNC(=O)CCN2C(=O)c3ccccc3C2=O)c(C)n1C1CC1. The number of imide groups is 1. The maximum Gasteiger partial charge on any atom is 0.261 e. The van der Waals surface area contributed by atoms with Crippen molar-refractivity contribution >= 4 is 17.7 Å². The van der Waals surface area contributed by atoms with Crippen molar-refractivity contribution in [2.45, 2.75) is 45.6 Å². The summed E-state index contributed by atoms with van der Waals surface area (Å²) in [6.45, 7) is 4.94. The summed E-state index contributed by atoms with van der Waals surface area (Å²) < 4.78 is 2.40. The van der Waals surface area contributed by atoms with Gasteiger partial charge in [0, 0.05) is 36.9 Å². The summed E-state index contributed by atoms with van der Waals surface area (Å²) in [5.74, 6) is -0.783. The number of nitrogens with one attached hydrogen (secondary N) is 1. The van der Waals surface area contributed by atoms with Crippen molar-refractivity contribution in [3.63, 3.8) is 0 Å². The lowest BCUT2D eigenvalue weighted by atomic mass is 10.1. The number of fused-ring (bicyclic) bond motifs is 1. The zero-order valence-corrected chi connectivity index (χ0v) is 16.3. The van der Waals surface area contributed by atoms with E-state index in [0.717, 1.165) is 11.3 Å². The maximum absolute atomic E-state index is 12.3. The Bertz CT molecular complexity index is 921. The van der Waals surface area contributed by atoms with Gasteiger partial charge in [-0.1, -0.05) is 12.1 Å². The highest BCUT2D eigenvalue weighted by molar-refractivity contribution is 6.21. The summed E-state index contributed by atoms with van der Waals surface area (Å²) in [6.07, 6.45) is 3.41. The van der Waals surface area contributed by atoms with E-state index in [1.165, 1.54) is 29.8 Å². The van der Waals surface area contributed by atoms with Crippen molar-refractivity contribution in [3.05, 3.63) is 58.4 Å². The molecule has 2 aromatic rings. The average molecular weight is 379 g/mol. The number of benzene rings is 1. The van der Waals surface area contributed by atoms with E-state index in [0.29, 0.717) is 23.7 Å². The number of carbonyl (C=O) groups is 3. The van der Waals surface area contributed by atoms with Crippen LogP contribution in [0.3, 0.4) is 0 Å². The molecule has 0 spiro atoms. The minimum absolute atomic E-state index is 0.106. The van der Waals surface area contributed by atoms with Gasteiger partial charge in [-0.05, 0) is 56.9 Å². The molecular formula is C22H25N3O3. The molecule has 28 heavy (non-hydrogen) atoms. The number of hydrogen-bond acceptors (Lipinski definition) is 3. The van der Waals surface area contributed by atoms with Crippen LogP contribution < -0.4 is 5.32 Å². The van der Waals surface area contributed by atoms with Crippen molar-refractivity contribution in [1.29, 1.82) is 0 Å². The Hall–Kier alpha value is -2.89. The molecule has 0 atom stereocenters. The highest BCUT2D eigenvalue weighted by Gasteiger charge is 2.35. The van der Waals surface area contributed by atoms with Gasteiger partial charge in [0.15, 0.2) is 0 Å². The summed E-state index contributed by atoms with van der Waals surface area (Å²) in [6, 6.07) is 9.63. The first kappa shape index (κ1) is 18.5. The van der Waals surface area contributed by atoms with Gasteiger partial charge in [0.1, 0.15) is 0 Å². The molecule has 1 N–H and O–H groups in total. The Balaban J connectivity index is 1.26. The molecule has 0 saturated heterocycles. The van der Waals surface area contributed by atoms with E-state index in [-0.39, 0.29) is 30.7 Å². The fraction of sp³-hybridized carbons (Fsp3) is 0.409. The molecule has 146 valence electrons. The summed E-state index contributed by atoms with van der Waals surface area (Å²) in [5, 5.41) is 2.91. The first-order chi connectivity index (χ1) is 13.5. The smallest absolute Gasteiger partial charge is 0.261 e. The van der Waals surface area contributed by atoms with E-state index >= 15 is 0 Å². The zero-order valence-electron chi connectivity index (χ0n) is 16.3. The van der Waals surface area contributed by atoms with Crippen LogP contribution in [-0.4, -0.2) is 40.3 Å². The monoisotopic (exact) mass is 379 g/mol. The van der Waals surface area contributed by atoms with Crippen LogP contribution in [0.25, 0.3) is 0 Å². The van der Waals surface area contributed by atoms with Gasteiger partial charge >= 0.3 is 0 Å². The van der Waals surface area contributed by atoms with Crippen molar-refractivity contribution in [2.75, 3.05) is 13.1 Å². The lowest BCUT2D eigenvalue weighted by Gasteiger charge is -2.13. The second kappa shape index (κ2) is 7.26. The predicted molar refractivity (Wildman–Crippen MR) is 105 cm³/mol. The summed E-state index contributed by atoms with van der Waals surface area (Å²) in [7, 11) is 0. The number of hydrogen-bond donors (Lipinski definition) is 1. The van der Waals surface area contributed by atoms with Gasteiger partial charge in [-0.3, -0.25) is 19.3 Å². The first-order valence-corrected chi connectivity index (χ1v) is 9.86. The fourth-order valence-electron chi connectivity index (χ4n) is 4.07. The highest BCUT2D eigenvalue weighted by Crippen LogP contribution is 2.38. The molecule has 0 unspecified atom stereocenters. The second-order valence-corrected chi connectivity index (χ2v) is 7.66. The van der Waals surface area contributed by atoms with Crippen molar-refractivity contribution in [1.82, 2.24) is 14.8 Å². The number of aryl methyl sites for hydroxylation is 1. The van der Waals surface area contributed by atoms with Crippen LogP contribution in [0.4, 0.5) is 0 Å². The first-order valence-electron chi connectivity index (χ1n) is 9.86. The van der Waals surface area contributed by atoms with Crippen molar-refractivity contribution < 1.29 is 14.4 Å². The van der Waals surface area contributed by atoms with E-state index in [9.17, 15) is 14.4 Å². The van der Waals surface area contributed by atoms with Gasteiger partial charge in [-0.2, -0.15) is 0 Å². The number of aromatic nitrogens is 1. The summed E-state index contributed by atoms with van der Waals surface area (Å²) >= 11 is 0. The van der Waals surface area contributed by atoms with E-state index in [4.69, 9.17) is 0 Å². The largest absolute Gasteiger partial charge is 0.356 e.